The lowest BCUT2D eigenvalue weighted by atomic mass is 10.1. The van der Waals surface area contributed by atoms with Gasteiger partial charge in [-0.1, -0.05) is 0 Å². The van der Waals surface area contributed by atoms with Gasteiger partial charge in [-0.05, 0) is 37.8 Å². The number of aliphatic hydroxyl groups is 1. The zero-order valence-corrected chi connectivity index (χ0v) is 10.4. The van der Waals surface area contributed by atoms with E-state index in [1.165, 1.54) is 6.07 Å². The van der Waals surface area contributed by atoms with E-state index in [0.717, 1.165) is 31.9 Å². The van der Waals surface area contributed by atoms with Crippen molar-refractivity contribution in [3.63, 3.8) is 0 Å². The molecule has 0 bridgehead atoms. The average Bonchev–Trinajstić information content (AvgIpc) is 2.83. The molecule has 1 N–H and O–H groups in total. The number of rotatable bonds is 4. The molecule has 0 saturated carbocycles. The van der Waals surface area contributed by atoms with Crippen molar-refractivity contribution < 1.29 is 18.3 Å². The van der Waals surface area contributed by atoms with Crippen LogP contribution in [0.5, 0.6) is 0 Å². The summed E-state index contributed by atoms with van der Waals surface area (Å²) >= 11 is 0. The molecule has 1 atom stereocenters. The third-order valence-electron chi connectivity index (χ3n) is 3.31. The Kier molecular flexibility index (Phi) is 4.24. The van der Waals surface area contributed by atoms with E-state index in [1.807, 2.05) is 4.90 Å². The van der Waals surface area contributed by atoms with Gasteiger partial charge in [-0.15, -0.1) is 10.2 Å². The van der Waals surface area contributed by atoms with E-state index < -0.39 is 11.9 Å². The van der Waals surface area contributed by atoms with Gasteiger partial charge in [-0.3, -0.25) is 0 Å². The monoisotopic (exact) mass is 275 g/mol. The molecular weight excluding hydrogens is 259 g/mol. The number of hydrogen-bond donors (Lipinski definition) is 1. The van der Waals surface area contributed by atoms with Crippen molar-refractivity contribution >= 4 is 5.82 Å². The fraction of sp³-hybridized carbons (Fsp3) is 0.667. The molecule has 2 heterocycles. The number of anilines is 1. The van der Waals surface area contributed by atoms with Crippen LogP contribution < -0.4 is 4.90 Å². The Morgan fingerprint density at radius 2 is 2.11 bits per heavy atom. The number of aliphatic hydroxyl groups excluding tert-OH is 1. The molecule has 1 fully saturated rings. The zero-order chi connectivity index (χ0) is 13.9. The minimum atomic E-state index is -4.45. The average molecular weight is 275 g/mol. The van der Waals surface area contributed by atoms with Crippen LogP contribution in [-0.2, 0) is 6.18 Å². The van der Waals surface area contributed by atoms with Crippen LogP contribution in [0, 0.1) is 0 Å². The molecule has 0 radical (unpaired) electrons. The Morgan fingerprint density at radius 3 is 2.68 bits per heavy atom. The van der Waals surface area contributed by atoms with Gasteiger partial charge in [0.05, 0.1) is 0 Å². The van der Waals surface area contributed by atoms with Crippen LogP contribution in [0.4, 0.5) is 19.0 Å². The maximum atomic E-state index is 12.4. The molecule has 1 aromatic rings. The Bertz CT molecular complexity index is 408. The van der Waals surface area contributed by atoms with E-state index in [2.05, 4.69) is 10.2 Å². The van der Waals surface area contributed by atoms with Crippen molar-refractivity contribution in [2.45, 2.75) is 37.9 Å². The lowest BCUT2D eigenvalue weighted by molar-refractivity contribution is -0.141. The Balaban J connectivity index is 2.08. The molecule has 1 saturated heterocycles. The van der Waals surface area contributed by atoms with Gasteiger partial charge < -0.3 is 10.0 Å². The first-order valence-corrected chi connectivity index (χ1v) is 6.31. The predicted octanol–water partition coefficient (Wildman–Crippen LogP) is 2.24. The molecular formula is C12H16F3N3O. The van der Waals surface area contributed by atoms with Crippen LogP contribution in [0.25, 0.3) is 0 Å². The highest BCUT2D eigenvalue weighted by atomic mass is 19.4. The van der Waals surface area contributed by atoms with Gasteiger partial charge >= 0.3 is 6.18 Å². The summed E-state index contributed by atoms with van der Waals surface area (Å²) in [7, 11) is 0. The van der Waals surface area contributed by atoms with E-state index >= 15 is 0 Å². The number of aromatic nitrogens is 2. The maximum absolute atomic E-state index is 12.4. The topological polar surface area (TPSA) is 49.2 Å². The summed E-state index contributed by atoms with van der Waals surface area (Å²) in [4.78, 5) is 1.98. The predicted molar refractivity (Wildman–Crippen MR) is 63.7 cm³/mol. The number of alkyl halides is 3. The second-order valence-electron chi connectivity index (χ2n) is 4.63. The minimum Gasteiger partial charge on any atom is -0.396 e. The Labute approximate surface area is 109 Å². The highest BCUT2D eigenvalue weighted by molar-refractivity contribution is 5.40. The number of nitrogens with zero attached hydrogens (tertiary/aromatic N) is 3. The molecule has 1 aliphatic rings. The van der Waals surface area contributed by atoms with Crippen molar-refractivity contribution in [2.75, 3.05) is 18.1 Å². The van der Waals surface area contributed by atoms with Crippen molar-refractivity contribution in [1.82, 2.24) is 10.2 Å². The summed E-state index contributed by atoms with van der Waals surface area (Å²) in [6.45, 7) is 0.902. The summed E-state index contributed by atoms with van der Waals surface area (Å²) in [6.07, 6.45) is -0.983. The van der Waals surface area contributed by atoms with Crippen LogP contribution >= 0.6 is 0 Å². The zero-order valence-electron chi connectivity index (χ0n) is 10.4. The first-order chi connectivity index (χ1) is 9.02. The fourth-order valence-corrected chi connectivity index (χ4v) is 2.39. The van der Waals surface area contributed by atoms with Gasteiger partial charge in [0.25, 0.3) is 0 Å². The lowest BCUT2D eigenvalue weighted by Gasteiger charge is -2.25. The molecule has 106 valence electrons. The van der Waals surface area contributed by atoms with Gasteiger partial charge in [0, 0.05) is 19.2 Å². The van der Waals surface area contributed by atoms with Gasteiger partial charge in [0.15, 0.2) is 11.5 Å². The molecule has 1 aliphatic heterocycles. The molecule has 0 aromatic carbocycles. The number of hydrogen-bond acceptors (Lipinski definition) is 4. The van der Waals surface area contributed by atoms with Gasteiger partial charge in [0.1, 0.15) is 0 Å². The lowest BCUT2D eigenvalue weighted by Crippen LogP contribution is -2.30. The molecule has 0 amide bonds. The standard InChI is InChI=1S/C12H16F3N3O/c13-12(14,15)10-5-6-11(17-16-10)18-7-1-3-9(18)4-2-8-19/h5-6,9,19H,1-4,7-8H2. The third-order valence-corrected chi connectivity index (χ3v) is 3.31. The second-order valence-corrected chi connectivity index (χ2v) is 4.63. The quantitative estimate of drug-likeness (QED) is 0.915. The molecule has 1 unspecified atom stereocenters. The van der Waals surface area contributed by atoms with E-state index in [-0.39, 0.29) is 12.6 Å². The molecule has 19 heavy (non-hydrogen) atoms. The van der Waals surface area contributed by atoms with Crippen molar-refractivity contribution in [2.24, 2.45) is 0 Å². The maximum Gasteiger partial charge on any atom is 0.435 e. The highest BCUT2D eigenvalue weighted by Crippen LogP contribution is 2.30. The van der Waals surface area contributed by atoms with Crippen LogP contribution in [0.15, 0.2) is 12.1 Å². The van der Waals surface area contributed by atoms with Crippen molar-refractivity contribution in [1.29, 1.82) is 0 Å². The van der Waals surface area contributed by atoms with Crippen LogP contribution in [0.2, 0.25) is 0 Å². The van der Waals surface area contributed by atoms with Crippen molar-refractivity contribution in [3.05, 3.63) is 17.8 Å². The highest BCUT2D eigenvalue weighted by Gasteiger charge is 2.33. The molecule has 7 heteroatoms. The molecule has 0 spiro atoms. The van der Waals surface area contributed by atoms with Gasteiger partial charge in [0.2, 0.25) is 0 Å². The smallest absolute Gasteiger partial charge is 0.396 e. The molecule has 2 rings (SSSR count). The largest absolute Gasteiger partial charge is 0.435 e. The normalized spacial score (nSPS) is 20.0. The van der Waals surface area contributed by atoms with E-state index in [9.17, 15) is 13.2 Å². The van der Waals surface area contributed by atoms with E-state index in [4.69, 9.17) is 5.11 Å². The first-order valence-electron chi connectivity index (χ1n) is 6.31. The van der Waals surface area contributed by atoms with Gasteiger partial charge in [-0.2, -0.15) is 13.2 Å². The Morgan fingerprint density at radius 1 is 1.32 bits per heavy atom. The number of halogens is 3. The Hall–Kier alpha value is -1.37. The molecule has 0 aliphatic carbocycles. The van der Waals surface area contributed by atoms with Crippen LogP contribution in [0.3, 0.4) is 0 Å². The SMILES string of the molecule is OCCCC1CCCN1c1ccc(C(F)(F)F)nn1. The van der Waals surface area contributed by atoms with Crippen LogP contribution in [0.1, 0.15) is 31.4 Å². The van der Waals surface area contributed by atoms with Crippen LogP contribution in [-0.4, -0.2) is 34.5 Å². The second kappa shape index (κ2) is 5.73. The van der Waals surface area contributed by atoms with Gasteiger partial charge in [-0.25, -0.2) is 0 Å². The summed E-state index contributed by atoms with van der Waals surface area (Å²) in [6, 6.07) is 2.56. The fourth-order valence-electron chi connectivity index (χ4n) is 2.39. The summed E-state index contributed by atoms with van der Waals surface area (Å²) in [5.41, 5.74) is -0.970. The minimum absolute atomic E-state index is 0.128. The third kappa shape index (κ3) is 3.34. The summed E-state index contributed by atoms with van der Waals surface area (Å²) in [5, 5.41) is 15.8. The molecule has 4 nitrogen and oxygen atoms in total. The first kappa shape index (κ1) is 14.0. The van der Waals surface area contributed by atoms with E-state index in [1.54, 1.807) is 0 Å². The summed E-state index contributed by atoms with van der Waals surface area (Å²) < 4.78 is 37.2. The van der Waals surface area contributed by atoms with Crippen molar-refractivity contribution in [3.8, 4) is 0 Å². The summed E-state index contributed by atoms with van der Waals surface area (Å²) in [5.74, 6) is 0.480. The van der Waals surface area contributed by atoms with E-state index in [0.29, 0.717) is 12.2 Å². The molecule has 1 aromatic heterocycles.